The molecule has 0 rings (SSSR count). The van der Waals surface area contributed by atoms with Crippen LogP contribution in [-0.2, 0) is 0 Å². The summed E-state index contributed by atoms with van der Waals surface area (Å²) >= 11 is 0. The van der Waals surface area contributed by atoms with Crippen molar-refractivity contribution in [3.63, 3.8) is 0 Å². The van der Waals surface area contributed by atoms with Crippen molar-refractivity contribution in [1.82, 2.24) is 0 Å². The third-order valence-corrected chi connectivity index (χ3v) is 0. The first kappa shape index (κ1) is 96.2. The van der Waals surface area contributed by atoms with Gasteiger partial charge in [0.25, 0.3) is 0 Å². The van der Waals surface area contributed by atoms with E-state index < -0.39 is 5.09 Å². The Morgan fingerprint density at radius 2 is 0.727 bits per heavy atom. The summed E-state index contributed by atoms with van der Waals surface area (Å²) in [5, 5.41) is 14.8. The van der Waals surface area contributed by atoms with E-state index in [0.29, 0.717) is 0 Å². The zero-order chi connectivity index (χ0) is 3.58. The fraction of sp³-hybridized carbons (Fsp3) is 0. The van der Waals surface area contributed by atoms with Gasteiger partial charge in [-0.15, -0.1) is 0 Å². The molecule has 11 heteroatoms. The first-order valence-corrected chi connectivity index (χ1v) is 0.548. The van der Waals surface area contributed by atoms with Gasteiger partial charge in [-0.25, -0.2) is 0 Å². The van der Waals surface area contributed by atoms with Gasteiger partial charge in [0.1, 0.15) is 0 Å². The molecular weight excluding hydrogens is 243 g/mol. The van der Waals surface area contributed by atoms with Crippen molar-refractivity contribution in [2.45, 2.75) is 0 Å². The van der Waals surface area contributed by atoms with Crippen molar-refractivity contribution < 1.29 is 96.1 Å². The summed E-state index contributed by atoms with van der Waals surface area (Å²) in [6.45, 7) is 0. The van der Waals surface area contributed by atoms with Crippen LogP contribution < -0.4 is 58.2 Å². The maximum Gasteiger partial charge on any atom is 1.00 e. The van der Waals surface area contributed by atoms with Gasteiger partial charge in [-0.1, -0.05) is 0 Å². The molecule has 0 bridgehead atoms. The van der Waals surface area contributed by atoms with Crippen LogP contribution in [0.15, 0.2) is 0 Å². The maximum absolute atomic E-state index is 8.25. The molecule has 0 heterocycles. The average Bonchev–Trinajstić information content (AvgIpc) is 0.811. The molecule has 72 valence electrons. The third-order valence-electron chi connectivity index (χ3n) is 0. The minimum Gasteiger partial charge on any atom is -0.412 e. The second-order valence-electron chi connectivity index (χ2n) is 0.224. The largest absolute Gasteiger partial charge is 1.00 e. The monoisotopic (exact) mass is 255 g/mol. The zero-order valence-corrected chi connectivity index (χ0v) is 10.6. The van der Waals surface area contributed by atoms with E-state index in [0.717, 1.165) is 0 Å². The van der Waals surface area contributed by atoms with Crippen LogP contribution in [-0.4, -0.2) is 37.9 Å². The van der Waals surface area contributed by atoms with Crippen LogP contribution in [0.25, 0.3) is 0 Å². The fourth-order valence-electron chi connectivity index (χ4n) is 0. The van der Waals surface area contributed by atoms with E-state index in [4.69, 9.17) is 15.3 Å². The van der Waals surface area contributed by atoms with E-state index in [1.165, 1.54) is 0 Å². The standard InChI is InChI=1S/NO3.6H2O.Rb/c2-1(3)4;;;;;;;/h;6*1H2;/q-1;;;;;;;+1. The molecule has 11 heavy (non-hydrogen) atoms. The molecule has 0 aliphatic heterocycles. The van der Waals surface area contributed by atoms with Crippen LogP contribution in [0, 0.1) is 15.3 Å². The number of nitrogens with zero attached hydrogens (tertiary/aromatic N) is 1. The molecule has 0 unspecified atom stereocenters. The Hall–Kier alpha value is 0.765. The first-order chi connectivity index (χ1) is 1.73. The SMILES string of the molecule is O.O.O.O.O.O.O=[N+]([O-])[O-].[Rb+]. The summed E-state index contributed by atoms with van der Waals surface area (Å²) in [5.74, 6) is 0. The molecule has 0 aromatic heterocycles. The molecule has 0 atom stereocenters. The molecular formula is H12NO9Rb. The van der Waals surface area contributed by atoms with E-state index >= 15 is 0 Å². The molecule has 12 N–H and O–H groups in total. The van der Waals surface area contributed by atoms with Crippen LogP contribution in [0.2, 0.25) is 0 Å². The van der Waals surface area contributed by atoms with Gasteiger partial charge in [0.2, 0.25) is 0 Å². The van der Waals surface area contributed by atoms with Gasteiger partial charge in [0.05, 0.1) is 5.09 Å². The Kier molecular flexibility index (Phi) is 633. The smallest absolute Gasteiger partial charge is 0.412 e. The molecule has 0 aromatic rings. The van der Waals surface area contributed by atoms with E-state index in [2.05, 4.69) is 0 Å². The molecule has 0 fully saturated rings. The summed E-state index contributed by atoms with van der Waals surface area (Å²) < 4.78 is 0. The van der Waals surface area contributed by atoms with Crippen molar-refractivity contribution in [2.24, 2.45) is 0 Å². The Balaban J connectivity index is -0.00000000214. The molecule has 10 nitrogen and oxygen atoms in total. The second kappa shape index (κ2) is 72.4. The minimum atomic E-state index is -1.75. The normalized spacial score (nSPS) is 2.18. The van der Waals surface area contributed by atoms with Crippen molar-refractivity contribution in [2.75, 3.05) is 0 Å². The van der Waals surface area contributed by atoms with Crippen molar-refractivity contribution >= 4 is 0 Å². The Bertz CT molecular complexity index is 32.5. The maximum atomic E-state index is 8.25. The molecule has 0 spiro atoms. The van der Waals surface area contributed by atoms with Gasteiger partial charge >= 0.3 is 58.2 Å². The van der Waals surface area contributed by atoms with Crippen LogP contribution in [0.3, 0.4) is 0 Å². The number of rotatable bonds is 0. The average molecular weight is 256 g/mol. The molecule has 0 aliphatic carbocycles. The van der Waals surface area contributed by atoms with Crippen LogP contribution >= 0.6 is 0 Å². The van der Waals surface area contributed by atoms with Gasteiger partial charge in [0, 0.05) is 0 Å². The van der Waals surface area contributed by atoms with Crippen LogP contribution in [0.1, 0.15) is 0 Å². The van der Waals surface area contributed by atoms with E-state index in [9.17, 15) is 0 Å². The minimum absolute atomic E-state index is 0. The van der Waals surface area contributed by atoms with Gasteiger partial charge in [-0.3, -0.25) is 0 Å². The zero-order valence-electron chi connectivity index (χ0n) is 5.67. The molecule has 0 aliphatic rings. The van der Waals surface area contributed by atoms with Crippen LogP contribution in [0.5, 0.6) is 0 Å². The van der Waals surface area contributed by atoms with Crippen molar-refractivity contribution in [3.8, 4) is 0 Å². The van der Waals surface area contributed by atoms with Gasteiger partial charge in [-0.2, -0.15) is 0 Å². The summed E-state index contributed by atoms with van der Waals surface area (Å²) in [4.78, 5) is 8.25. The molecule has 0 radical (unpaired) electrons. The second-order valence-corrected chi connectivity index (χ2v) is 0.224. The van der Waals surface area contributed by atoms with E-state index in [-0.39, 0.29) is 91.0 Å². The summed E-state index contributed by atoms with van der Waals surface area (Å²) in [5.41, 5.74) is 0. The summed E-state index contributed by atoms with van der Waals surface area (Å²) in [7, 11) is 0. The Morgan fingerprint density at radius 1 is 0.727 bits per heavy atom. The number of hydrogen-bond acceptors (Lipinski definition) is 3. The molecule has 0 aromatic carbocycles. The predicted molar refractivity (Wildman–Crippen MR) is 32.0 cm³/mol. The first-order valence-electron chi connectivity index (χ1n) is 0.548. The quantitative estimate of drug-likeness (QED) is 0.302. The van der Waals surface area contributed by atoms with Gasteiger partial charge < -0.3 is 48.2 Å². The topological polar surface area (TPSA) is 255 Å². The van der Waals surface area contributed by atoms with E-state index in [1.54, 1.807) is 0 Å². The third kappa shape index (κ3) is 1410. The van der Waals surface area contributed by atoms with Gasteiger partial charge in [-0.05, 0) is 0 Å². The molecule has 0 saturated heterocycles. The summed E-state index contributed by atoms with van der Waals surface area (Å²) in [6.07, 6.45) is 0. The van der Waals surface area contributed by atoms with Gasteiger partial charge in [0.15, 0.2) is 0 Å². The number of hydrogen-bond donors (Lipinski definition) is 0. The molecule has 0 saturated carbocycles. The Morgan fingerprint density at radius 3 is 0.727 bits per heavy atom. The Labute approximate surface area is 110 Å². The predicted octanol–water partition coefficient (Wildman–Crippen LogP) is -8.18. The molecule has 0 amide bonds. The fourth-order valence-corrected chi connectivity index (χ4v) is 0. The van der Waals surface area contributed by atoms with Crippen molar-refractivity contribution in [3.05, 3.63) is 15.3 Å². The van der Waals surface area contributed by atoms with E-state index in [1.807, 2.05) is 0 Å². The summed E-state index contributed by atoms with van der Waals surface area (Å²) in [6, 6.07) is 0. The van der Waals surface area contributed by atoms with Crippen LogP contribution in [0.4, 0.5) is 0 Å². The van der Waals surface area contributed by atoms with Crippen molar-refractivity contribution in [1.29, 1.82) is 0 Å².